The van der Waals surface area contributed by atoms with Crippen molar-refractivity contribution in [1.29, 1.82) is 0 Å². The van der Waals surface area contributed by atoms with E-state index in [0.717, 1.165) is 17.3 Å². The van der Waals surface area contributed by atoms with Crippen molar-refractivity contribution in [2.45, 2.75) is 13.0 Å². The number of ether oxygens (including phenoxy) is 1. The van der Waals surface area contributed by atoms with Gasteiger partial charge in [0.15, 0.2) is 0 Å². The predicted molar refractivity (Wildman–Crippen MR) is 79.8 cm³/mol. The van der Waals surface area contributed by atoms with Gasteiger partial charge in [0, 0.05) is 5.02 Å². The van der Waals surface area contributed by atoms with Gasteiger partial charge in [-0.15, -0.1) is 0 Å². The maximum absolute atomic E-state index is 5.91. The summed E-state index contributed by atoms with van der Waals surface area (Å²) in [5.74, 6) is 0.888. The number of para-hydroxylation sites is 1. The van der Waals surface area contributed by atoms with Crippen molar-refractivity contribution in [2.75, 3.05) is 13.2 Å². The smallest absolute Gasteiger partial charge is 0.119 e. The van der Waals surface area contributed by atoms with Gasteiger partial charge in [-0.2, -0.15) is 0 Å². The normalized spacial score (nSPS) is 12.1. The molecule has 0 aliphatic carbocycles. The molecule has 0 saturated heterocycles. The SMILES string of the molecule is CCNC(COc1ccccc1)c1ccc(Cl)cc1. The van der Waals surface area contributed by atoms with Gasteiger partial charge in [-0.25, -0.2) is 0 Å². The van der Waals surface area contributed by atoms with Gasteiger partial charge in [0.25, 0.3) is 0 Å². The van der Waals surface area contributed by atoms with Crippen LogP contribution in [0.1, 0.15) is 18.5 Å². The summed E-state index contributed by atoms with van der Waals surface area (Å²) in [6.07, 6.45) is 0. The maximum Gasteiger partial charge on any atom is 0.119 e. The molecule has 3 heteroatoms. The highest BCUT2D eigenvalue weighted by Gasteiger charge is 2.10. The topological polar surface area (TPSA) is 21.3 Å². The van der Waals surface area contributed by atoms with Gasteiger partial charge >= 0.3 is 0 Å². The molecule has 0 radical (unpaired) electrons. The number of rotatable bonds is 6. The molecule has 2 aromatic rings. The summed E-state index contributed by atoms with van der Waals surface area (Å²) in [5.41, 5.74) is 1.18. The van der Waals surface area contributed by atoms with Crippen molar-refractivity contribution in [2.24, 2.45) is 0 Å². The Morgan fingerprint density at radius 2 is 1.74 bits per heavy atom. The quantitative estimate of drug-likeness (QED) is 0.858. The summed E-state index contributed by atoms with van der Waals surface area (Å²) in [6.45, 7) is 3.58. The standard InChI is InChI=1S/C16H18ClNO/c1-2-18-16(13-8-10-14(17)11-9-13)12-19-15-6-4-3-5-7-15/h3-11,16,18H,2,12H2,1H3. The first kappa shape index (κ1) is 13.9. The van der Waals surface area contributed by atoms with E-state index in [1.165, 1.54) is 5.56 Å². The lowest BCUT2D eigenvalue weighted by molar-refractivity contribution is 0.268. The van der Waals surface area contributed by atoms with E-state index < -0.39 is 0 Å². The molecule has 0 heterocycles. The zero-order valence-electron chi connectivity index (χ0n) is 11.0. The molecule has 2 aromatic carbocycles. The van der Waals surface area contributed by atoms with Crippen LogP contribution in [0.3, 0.4) is 0 Å². The van der Waals surface area contributed by atoms with Crippen molar-refractivity contribution in [1.82, 2.24) is 5.32 Å². The lowest BCUT2D eigenvalue weighted by Gasteiger charge is -2.19. The van der Waals surface area contributed by atoms with Crippen molar-refractivity contribution in [3.63, 3.8) is 0 Å². The molecule has 2 rings (SSSR count). The van der Waals surface area contributed by atoms with Gasteiger partial charge in [-0.05, 0) is 36.4 Å². The van der Waals surface area contributed by atoms with Crippen molar-refractivity contribution in [3.8, 4) is 5.75 Å². The van der Waals surface area contributed by atoms with E-state index in [0.29, 0.717) is 6.61 Å². The summed E-state index contributed by atoms with van der Waals surface area (Å²) in [5, 5.41) is 4.17. The number of benzene rings is 2. The molecule has 0 aliphatic rings. The summed E-state index contributed by atoms with van der Waals surface area (Å²) < 4.78 is 5.81. The molecule has 0 saturated carbocycles. The van der Waals surface area contributed by atoms with Crippen LogP contribution in [-0.2, 0) is 0 Å². The third-order valence-corrected chi connectivity index (χ3v) is 3.13. The Bertz CT molecular complexity index is 484. The minimum Gasteiger partial charge on any atom is -0.492 e. The average molecular weight is 276 g/mol. The maximum atomic E-state index is 5.91. The second kappa shape index (κ2) is 7.17. The molecule has 19 heavy (non-hydrogen) atoms. The van der Waals surface area contributed by atoms with Crippen LogP contribution in [0.2, 0.25) is 5.02 Å². The second-order valence-corrected chi connectivity index (χ2v) is 4.72. The van der Waals surface area contributed by atoms with Crippen molar-refractivity contribution >= 4 is 11.6 Å². The van der Waals surface area contributed by atoms with Crippen molar-refractivity contribution < 1.29 is 4.74 Å². The fourth-order valence-electron chi connectivity index (χ4n) is 1.91. The Morgan fingerprint density at radius 1 is 1.05 bits per heavy atom. The average Bonchev–Trinajstić information content (AvgIpc) is 2.46. The zero-order valence-corrected chi connectivity index (χ0v) is 11.7. The first-order valence-electron chi connectivity index (χ1n) is 6.46. The highest BCUT2D eigenvalue weighted by Crippen LogP contribution is 2.18. The third-order valence-electron chi connectivity index (χ3n) is 2.88. The van der Waals surface area contributed by atoms with E-state index in [-0.39, 0.29) is 6.04 Å². The fourth-order valence-corrected chi connectivity index (χ4v) is 2.04. The lowest BCUT2D eigenvalue weighted by atomic mass is 10.1. The molecular formula is C16H18ClNO. The van der Waals surface area contributed by atoms with E-state index >= 15 is 0 Å². The molecular weight excluding hydrogens is 258 g/mol. The third kappa shape index (κ3) is 4.27. The van der Waals surface area contributed by atoms with Crippen LogP contribution in [0.15, 0.2) is 54.6 Å². The van der Waals surface area contributed by atoms with Crippen LogP contribution < -0.4 is 10.1 Å². The number of hydrogen-bond donors (Lipinski definition) is 1. The number of halogens is 1. The van der Waals surface area contributed by atoms with E-state index in [1.54, 1.807) is 0 Å². The summed E-state index contributed by atoms with van der Waals surface area (Å²) in [7, 11) is 0. The predicted octanol–water partition coefficient (Wildman–Crippen LogP) is 4.07. The van der Waals surface area contributed by atoms with Crippen LogP contribution in [-0.4, -0.2) is 13.2 Å². The lowest BCUT2D eigenvalue weighted by Crippen LogP contribution is -2.26. The van der Waals surface area contributed by atoms with Gasteiger partial charge in [0.1, 0.15) is 12.4 Å². The van der Waals surface area contributed by atoms with Crippen molar-refractivity contribution in [3.05, 3.63) is 65.2 Å². The van der Waals surface area contributed by atoms with Gasteiger partial charge in [-0.3, -0.25) is 0 Å². The zero-order chi connectivity index (χ0) is 13.5. The van der Waals surface area contributed by atoms with Crippen LogP contribution >= 0.6 is 11.6 Å². The monoisotopic (exact) mass is 275 g/mol. The Kier molecular flexibility index (Phi) is 5.25. The first-order chi connectivity index (χ1) is 9.29. The number of hydrogen-bond acceptors (Lipinski definition) is 2. The van der Waals surface area contributed by atoms with Gasteiger partial charge in [0.2, 0.25) is 0 Å². The second-order valence-electron chi connectivity index (χ2n) is 4.29. The Hall–Kier alpha value is -1.51. The molecule has 0 amide bonds. The Balaban J connectivity index is 2.02. The van der Waals surface area contributed by atoms with Gasteiger partial charge in [0.05, 0.1) is 6.04 Å². The molecule has 0 fully saturated rings. The Labute approximate surface area is 119 Å². The van der Waals surface area contributed by atoms with Crippen LogP contribution in [0, 0.1) is 0 Å². The molecule has 2 nitrogen and oxygen atoms in total. The molecule has 100 valence electrons. The number of likely N-dealkylation sites (N-methyl/N-ethyl adjacent to an activating group) is 1. The summed E-state index contributed by atoms with van der Waals surface area (Å²) in [6, 6.07) is 17.9. The van der Waals surface area contributed by atoms with E-state index in [2.05, 4.69) is 12.2 Å². The Morgan fingerprint density at radius 3 is 2.37 bits per heavy atom. The molecule has 0 aliphatic heterocycles. The van der Waals surface area contributed by atoms with E-state index in [4.69, 9.17) is 16.3 Å². The van der Waals surface area contributed by atoms with Gasteiger partial charge in [-0.1, -0.05) is 48.9 Å². The highest BCUT2D eigenvalue weighted by molar-refractivity contribution is 6.30. The highest BCUT2D eigenvalue weighted by atomic mass is 35.5. The minimum absolute atomic E-state index is 0.169. The molecule has 1 N–H and O–H groups in total. The summed E-state index contributed by atoms with van der Waals surface area (Å²) in [4.78, 5) is 0. The minimum atomic E-state index is 0.169. The first-order valence-corrected chi connectivity index (χ1v) is 6.84. The molecule has 0 aromatic heterocycles. The van der Waals surface area contributed by atoms with Crippen LogP contribution in [0.5, 0.6) is 5.75 Å². The molecule has 0 spiro atoms. The van der Waals surface area contributed by atoms with Crippen LogP contribution in [0.4, 0.5) is 0 Å². The number of nitrogens with one attached hydrogen (secondary N) is 1. The molecule has 1 unspecified atom stereocenters. The summed E-state index contributed by atoms with van der Waals surface area (Å²) >= 11 is 5.91. The molecule has 1 atom stereocenters. The van der Waals surface area contributed by atoms with E-state index in [9.17, 15) is 0 Å². The largest absolute Gasteiger partial charge is 0.492 e. The van der Waals surface area contributed by atoms with Gasteiger partial charge < -0.3 is 10.1 Å². The van der Waals surface area contributed by atoms with E-state index in [1.807, 2.05) is 54.6 Å². The van der Waals surface area contributed by atoms with Crippen LogP contribution in [0.25, 0.3) is 0 Å². The molecule has 0 bridgehead atoms. The fraction of sp³-hybridized carbons (Fsp3) is 0.250.